The molecule has 22 heavy (non-hydrogen) atoms. The molecule has 0 aliphatic carbocycles. The van der Waals surface area contributed by atoms with Crippen molar-refractivity contribution in [2.45, 2.75) is 26.8 Å². The zero-order valence-electron chi connectivity index (χ0n) is 12.8. The topological polar surface area (TPSA) is 67.4 Å². The van der Waals surface area contributed by atoms with Gasteiger partial charge in [-0.25, -0.2) is 14.0 Å². The molecule has 2 N–H and O–H groups in total. The molecular weight excluding hydrogens is 287 g/mol. The molecule has 1 aliphatic rings. The molecule has 0 unspecified atom stereocenters. The van der Waals surface area contributed by atoms with E-state index in [1.165, 1.54) is 18.2 Å². The van der Waals surface area contributed by atoms with E-state index in [1.54, 1.807) is 13.0 Å². The molecule has 1 aromatic rings. The van der Waals surface area contributed by atoms with Gasteiger partial charge in [0.15, 0.2) is 0 Å². The van der Waals surface area contributed by atoms with Gasteiger partial charge in [-0.1, -0.05) is 26.0 Å². The number of hydrogen-bond donors (Lipinski definition) is 2. The number of ether oxygens (including phenoxy) is 1. The number of allylic oxidation sites excluding steroid dienone is 1. The number of carbonyl (C=O) groups excluding carboxylic acids is 2. The summed E-state index contributed by atoms with van der Waals surface area (Å²) in [6, 6.07) is 4.61. The zero-order chi connectivity index (χ0) is 16.3. The van der Waals surface area contributed by atoms with Crippen molar-refractivity contribution < 1.29 is 18.7 Å². The van der Waals surface area contributed by atoms with E-state index in [2.05, 4.69) is 10.6 Å². The maximum absolute atomic E-state index is 13.4. The van der Waals surface area contributed by atoms with Crippen LogP contribution in [0.1, 0.15) is 32.4 Å². The van der Waals surface area contributed by atoms with Crippen molar-refractivity contribution >= 4 is 12.0 Å². The highest BCUT2D eigenvalue weighted by Crippen LogP contribution is 2.28. The van der Waals surface area contributed by atoms with E-state index in [-0.39, 0.29) is 18.1 Å². The molecule has 2 rings (SSSR count). The third-order valence-electron chi connectivity index (χ3n) is 3.22. The first kappa shape index (κ1) is 16.0. The Kier molecular flexibility index (Phi) is 4.80. The third kappa shape index (κ3) is 3.63. The van der Waals surface area contributed by atoms with Crippen LogP contribution in [0.5, 0.6) is 0 Å². The van der Waals surface area contributed by atoms with Gasteiger partial charge in [0, 0.05) is 5.70 Å². The minimum absolute atomic E-state index is 0.198. The normalized spacial score (nSPS) is 18.0. The summed E-state index contributed by atoms with van der Waals surface area (Å²) in [5, 5.41) is 5.18. The first-order valence-corrected chi connectivity index (χ1v) is 7.09. The van der Waals surface area contributed by atoms with E-state index < -0.39 is 23.9 Å². The van der Waals surface area contributed by atoms with Gasteiger partial charge in [0.2, 0.25) is 0 Å². The van der Waals surface area contributed by atoms with Crippen LogP contribution >= 0.6 is 0 Å². The molecule has 6 heteroatoms. The summed E-state index contributed by atoms with van der Waals surface area (Å²) in [4.78, 5) is 24.0. The van der Waals surface area contributed by atoms with Crippen LogP contribution < -0.4 is 10.6 Å². The van der Waals surface area contributed by atoms with E-state index in [0.29, 0.717) is 11.3 Å². The molecule has 0 bridgehead atoms. The summed E-state index contributed by atoms with van der Waals surface area (Å²) in [7, 11) is 0. The summed E-state index contributed by atoms with van der Waals surface area (Å²) in [6.07, 6.45) is 0. The Morgan fingerprint density at radius 3 is 2.77 bits per heavy atom. The highest BCUT2D eigenvalue weighted by molar-refractivity contribution is 5.95. The Morgan fingerprint density at radius 1 is 1.41 bits per heavy atom. The fourth-order valence-electron chi connectivity index (χ4n) is 2.22. The van der Waals surface area contributed by atoms with Crippen molar-refractivity contribution in [1.29, 1.82) is 0 Å². The van der Waals surface area contributed by atoms with Crippen LogP contribution in [0.4, 0.5) is 9.18 Å². The second kappa shape index (κ2) is 6.60. The summed E-state index contributed by atoms with van der Waals surface area (Å²) < 4.78 is 18.7. The number of halogens is 1. The molecule has 0 spiro atoms. The number of amides is 2. The van der Waals surface area contributed by atoms with Crippen LogP contribution in [-0.2, 0) is 9.53 Å². The Morgan fingerprint density at radius 2 is 2.14 bits per heavy atom. The van der Waals surface area contributed by atoms with Crippen LogP contribution in [0.15, 0.2) is 35.5 Å². The number of carbonyl (C=O) groups is 2. The quantitative estimate of drug-likeness (QED) is 0.840. The molecule has 1 aliphatic heterocycles. The van der Waals surface area contributed by atoms with Gasteiger partial charge in [0.1, 0.15) is 5.82 Å². The number of urea groups is 1. The highest BCUT2D eigenvalue weighted by atomic mass is 19.1. The van der Waals surface area contributed by atoms with Gasteiger partial charge in [-0.2, -0.15) is 0 Å². The van der Waals surface area contributed by atoms with E-state index in [1.807, 2.05) is 13.8 Å². The van der Waals surface area contributed by atoms with Gasteiger partial charge < -0.3 is 15.4 Å². The Hall–Kier alpha value is -2.37. The van der Waals surface area contributed by atoms with Crippen LogP contribution in [0.2, 0.25) is 0 Å². The lowest BCUT2D eigenvalue weighted by atomic mass is 9.95. The second-order valence-corrected chi connectivity index (χ2v) is 5.62. The molecule has 2 amide bonds. The van der Waals surface area contributed by atoms with Crippen LogP contribution in [-0.4, -0.2) is 18.6 Å². The molecule has 1 heterocycles. The molecule has 0 radical (unpaired) electrons. The predicted molar refractivity (Wildman–Crippen MR) is 79.3 cm³/mol. The van der Waals surface area contributed by atoms with Gasteiger partial charge in [-0.05, 0) is 30.5 Å². The Labute approximate surface area is 128 Å². The van der Waals surface area contributed by atoms with Crippen LogP contribution in [0.3, 0.4) is 0 Å². The highest BCUT2D eigenvalue weighted by Gasteiger charge is 2.32. The molecule has 118 valence electrons. The fraction of sp³-hybridized carbons (Fsp3) is 0.375. The molecule has 0 aromatic heterocycles. The van der Waals surface area contributed by atoms with Gasteiger partial charge in [-0.3, -0.25) is 0 Å². The van der Waals surface area contributed by atoms with Gasteiger partial charge in [0.05, 0.1) is 18.2 Å². The van der Waals surface area contributed by atoms with Gasteiger partial charge >= 0.3 is 12.0 Å². The van der Waals surface area contributed by atoms with E-state index in [0.717, 1.165) is 0 Å². The monoisotopic (exact) mass is 306 g/mol. The molecular formula is C16H19FN2O3. The summed E-state index contributed by atoms with van der Waals surface area (Å²) >= 11 is 0. The third-order valence-corrected chi connectivity index (χ3v) is 3.22. The van der Waals surface area contributed by atoms with Crippen molar-refractivity contribution in [3.8, 4) is 0 Å². The molecule has 1 aromatic carbocycles. The zero-order valence-corrected chi connectivity index (χ0v) is 12.8. The molecule has 0 saturated heterocycles. The maximum atomic E-state index is 13.4. The summed E-state index contributed by atoms with van der Waals surface area (Å²) in [6.45, 7) is 5.76. The minimum atomic E-state index is -0.732. The van der Waals surface area contributed by atoms with Crippen LogP contribution in [0.25, 0.3) is 0 Å². The van der Waals surface area contributed by atoms with E-state index in [4.69, 9.17) is 4.74 Å². The average molecular weight is 306 g/mol. The van der Waals surface area contributed by atoms with E-state index >= 15 is 0 Å². The maximum Gasteiger partial charge on any atom is 0.338 e. The fourth-order valence-corrected chi connectivity index (χ4v) is 2.22. The van der Waals surface area contributed by atoms with Gasteiger partial charge in [0.25, 0.3) is 0 Å². The number of esters is 1. The van der Waals surface area contributed by atoms with E-state index in [9.17, 15) is 14.0 Å². The average Bonchev–Trinajstić information content (AvgIpc) is 2.44. The minimum Gasteiger partial charge on any atom is -0.462 e. The summed E-state index contributed by atoms with van der Waals surface area (Å²) in [5.74, 6) is -0.755. The number of nitrogens with one attached hydrogen (secondary N) is 2. The van der Waals surface area contributed by atoms with Crippen molar-refractivity contribution in [3.63, 3.8) is 0 Å². The molecule has 1 atom stereocenters. The van der Waals surface area contributed by atoms with Crippen molar-refractivity contribution in [1.82, 2.24) is 10.6 Å². The molecule has 0 fully saturated rings. The first-order chi connectivity index (χ1) is 10.4. The smallest absolute Gasteiger partial charge is 0.338 e. The molecule has 5 nitrogen and oxygen atoms in total. The van der Waals surface area contributed by atoms with Crippen molar-refractivity contribution in [3.05, 3.63) is 46.9 Å². The van der Waals surface area contributed by atoms with Crippen molar-refractivity contribution in [2.75, 3.05) is 6.61 Å². The first-order valence-electron chi connectivity index (χ1n) is 7.09. The number of hydrogen-bond acceptors (Lipinski definition) is 3. The largest absolute Gasteiger partial charge is 0.462 e. The SMILES string of the molecule is CC1=C(C(=O)OCC(C)C)[C@@H](c2cccc(F)c2)NC(=O)N1. The second-order valence-electron chi connectivity index (χ2n) is 5.62. The summed E-state index contributed by atoms with van der Waals surface area (Å²) in [5.41, 5.74) is 1.18. The Bertz CT molecular complexity index is 626. The van der Waals surface area contributed by atoms with Crippen LogP contribution in [0, 0.1) is 11.7 Å². The van der Waals surface area contributed by atoms with Crippen molar-refractivity contribution in [2.24, 2.45) is 5.92 Å². The van der Waals surface area contributed by atoms with Gasteiger partial charge in [-0.15, -0.1) is 0 Å². The lowest BCUT2D eigenvalue weighted by molar-refractivity contribution is -0.140. The lowest BCUT2D eigenvalue weighted by Crippen LogP contribution is -2.45. The number of rotatable bonds is 4. The number of benzene rings is 1. The Balaban J connectivity index is 2.34. The lowest BCUT2D eigenvalue weighted by Gasteiger charge is -2.28. The molecule has 0 saturated carbocycles. The predicted octanol–water partition coefficient (Wildman–Crippen LogP) is 2.65. The standard InChI is InChI=1S/C16H19FN2O3/c1-9(2)8-22-15(20)13-10(3)18-16(21)19-14(13)11-5-4-6-12(17)7-11/h4-7,9,14H,8H2,1-3H3,(H2,18,19,21)/t14-/m1/s1.